The second-order valence-corrected chi connectivity index (χ2v) is 4.97. The Hall–Kier alpha value is -1.86. The van der Waals surface area contributed by atoms with E-state index < -0.39 is 5.82 Å². The minimum Gasteiger partial charge on any atom is -0.380 e. The van der Waals surface area contributed by atoms with Crippen molar-refractivity contribution in [2.75, 3.05) is 5.32 Å². The normalized spacial score (nSPS) is 10.0. The van der Waals surface area contributed by atoms with Crippen LogP contribution in [0.3, 0.4) is 0 Å². The number of nitriles is 1. The molecule has 0 saturated carbocycles. The first kappa shape index (κ1) is 13.6. The topological polar surface area (TPSA) is 35.8 Å². The molecule has 2 rings (SSSR count). The molecule has 1 N–H and O–H groups in total. The van der Waals surface area contributed by atoms with Gasteiger partial charge in [0.1, 0.15) is 11.9 Å². The van der Waals surface area contributed by atoms with Gasteiger partial charge in [0.05, 0.1) is 5.56 Å². The quantitative estimate of drug-likeness (QED) is 0.911. The SMILES string of the molecule is Cc1cccc(NCc2cccc(C#N)c2F)c1Br. The van der Waals surface area contributed by atoms with Gasteiger partial charge in [-0.15, -0.1) is 0 Å². The molecule has 4 heteroatoms. The van der Waals surface area contributed by atoms with Gasteiger partial charge in [-0.25, -0.2) is 4.39 Å². The van der Waals surface area contributed by atoms with Crippen LogP contribution in [0.25, 0.3) is 0 Å². The monoisotopic (exact) mass is 318 g/mol. The fraction of sp³-hybridized carbons (Fsp3) is 0.133. The Morgan fingerprint density at radius 3 is 2.74 bits per heavy atom. The standard InChI is InChI=1S/C15H12BrFN2/c1-10-4-2-7-13(14(10)16)19-9-12-6-3-5-11(8-18)15(12)17/h2-7,19H,9H2,1H3. The fourth-order valence-corrected chi connectivity index (χ4v) is 2.18. The number of aryl methyl sites for hydroxylation is 1. The lowest BCUT2D eigenvalue weighted by atomic mass is 10.1. The van der Waals surface area contributed by atoms with Crippen LogP contribution >= 0.6 is 15.9 Å². The van der Waals surface area contributed by atoms with Gasteiger partial charge in [-0.3, -0.25) is 0 Å². The molecule has 0 aromatic heterocycles. The lowest BCUT2D eigenvalue weighted by Crippen LogP contribution is -2.04. The van der Waals surface area contributed by atoms with Gasteiger partial charge < -0.3 is 5.32 Å². The summed E-state index contributed by atoms with van der Waals surface area (Å²) in [5.41, 5.74) is 2.56. The van der Waals surface area contributed by atoms with Crippen molar-refractivity contribution in [3.05, 3.63) is 63.4 Å². The summed E-state index contributed by atoms with van der Waals surface area (Å²) in [5, 5.41) is 12.0. The van der Waals surface area contributed by atoms with Gasteiger partial charge in [0.25, 0.3) is 0 Å². The van der Waals surface area contributed by atoms with Gasteiger partial charge in [-0.2, -0.15) is 5.26 Å². The molecule has 0 unspecified atom stereocenters. The third-order valence-electron chi connectivity index (χ3n) is 2.86. The largest absolute Gasteiger partial charge is 0.380 e. The molecule has 2 aromatic carbocycles. The molecule has 19 heavy (non-hydrogen) atoms. The smallest absolute Gasteiger partial charge is 0.145 e. The average molecular weight is 319 g/mol. The lowest BCUT2D eigenvalue weighted by Gasteiger charge is -2.11. The van der Waals surface area contributed by atoms with Crippen molar-refractivity contribution in [1.82, 2.24) is 0 Å². The van der Waals surface area contributed by atoms with Crippen LogP contribution in [0.15, 0.2) is 40.9 Å². The molecule has 0 fully saturated rings. The van der Waals surface area contributed by atoms with E-state index in [0.29, 0.717) is 12.1 Å². The van der Waals surface area contributed by atoms with Gasteiger partial charge in [-0.05, 0) is 40.5 Å². The molecular weight excluding hydrogens is 307 g/mol. The zero-order valence-corrected chi connectivity index (χ0v) is 12.0. The summed E-state index contributed by atoms with van der Waals surface area (Å²) >= 11 is 3.49. The average Bonchev–Trinajstić information content (AvgIpc) is 2.42. The fourth-order valence-electron chi connectivity index (χ4n) is 1.78. The van der Waals surface area contributed by atoms with Crippen molar-refractivity contribution in [2.45, 2.75) is 13.5 Å². The van der Waals surface area contributed by atoms with Gasteiger partial charge in [0.2, 0.25) is 0 Å². The third-order valence-corrected chi connectivity index (χ3v) is 3.91. The zero-order chi connectivity index (χ0) is 13.8. The molecule has 0 heterocycles. The van der Waals surface area contributed by atoms with Crippen LogP contribution in [0.1, 0.15) is 16.7 Å². The first-order valence-electron chi connectivity index (χ1n) is 5.80. The molecule has 0 atom stereocenters. The highest BCUT2D eigenvalue weighted by atomic mass is 79.9. The van der Waals surface area contributed by atoms with Gasteiger partial charge >= 0.3 is 0 Å². The molecule has 0 bridgehead atoms. The Bertz CT molecular complexity index is 647. The molecule has 96 valence electrons. The maximum Gasteiger partial charge on any atom is 0.145 e. The van der Waals surface area contributed by atoms with Crippen molar-refractivity contribution in [3.63, 3.8) is 0 Å². The second-order valence-electron chi connectivity index (χ2n) is 4.18. The molecule has 0 aliphatic carbocycles. The van der Waals surface area contributed by atoms with Crippen LogP contribution in [-0.2, 0) is 6.54 Å². The summed E-state index contributed by atoms with van der Waals surface area (Å²) in [7, 11) is 0. The molecule has 0 radical (unpaired) electrons. The summed E-state index contributed by atoms with van der Waals surface area (Å²) in [4.78, 5) is 0. The van der Waals surface area contributed by atoms with E-state index in [2.05, 4.69) is 21.2 Å². The van der Waals surface area contributed by atoms with Crippen LogP contribution < -0.4 is 5.32 Å². The zero-order valence-electron chi connectivity index (χ0n) is 10.4. The van der Waals surface area contributed by atoms with E-state index in [1.54, 1.807) is 12.1 Å². The van der Waals surface area contributed by atoms with Crippen LogP contribution in [0.2, 0.25) is 0 Å². The number of anilines is 1. The number of hydrogen-bond donors (Lipinski definition) is 1. The van der Waals surface area contributed by atoms with Crippen LogP contribution in [0.5, 0.6) is 0 Å². The highest BCUT2D eigenvalue weighted by Crippen LogP contribution is 2.26. The predicted octanol–water partition coefficient (Wildman–Crippen LogP) is 4.38. The van der Waals surface area contributed by atoms with E-state index in [1.807, 2.05) is 31.2 Å². The van der Waals surface area contributed by atoms with E-state index >= 15 is 0 Å². The van der Waals surface area contributed by atoms with Gasteiger partial charge in [0.15, 0.2) is 0 Å². The van der Waals surface area contributed by atoms with Crippen molar-refractivity contribution in [3.8, 4) is 6.07 Å². The third kappa shape index (κ3) is 2.94. The highest BCUT2D eigenvalue weighted by molar-refractivity contribution is 9.10. The first-order chi connectivity index (χ1) is 9.13. The number of nitrogens with zero attached hydrogens (tertiary/aromatic N) is 1. The Kier molecular flexibility index (Phi) is 4.18. The Balaban J connectivity index is 2.20. The van der Waals surface area contributed by atoms with E-state index in [1.165, 1.54) is 6.07 Å². The second kappa shape index (κ2) is 5.85. The summed E-state index contributed by atoms with van der Waals surface area (Å²) in [5.74, 6) is -0.457. The number of benzene rings is 2. The van der Waals surface area contributed by atoms with Crippen LogP contribution in [-0.4, -0.2) is 0 Å². The molecular formula is C15H12BrFN2. The Morgan fingerprint density at radius 2 is 2.00 bits per heavy atom. The minimum atomic E-state index is -0.457. The van der Waals surface area contributed by atoms with Crippen LogP contribution in [0, 0.1) is 24.1 Å². The van der Waals surface area contributed by atoms with Crippen molar-refractivity contribution in [1.29, 1.82) is 5.26 Å². The molecule has 0 aliphatic heterocycles. The van der Waals surface area contributed by atoms with E-state index in [0.717, 1.165) is 15.7 Å². The molecule has 0 aliphatic rings. The summed E-state index contributed by atoms with van der Waals surface area (Å²) in [6, 6.07) is 12.5. The maximum atomic E-state index is 13.9. The number of rotatable bonds is 3. The van der Waals surface area contributed by atoms with E-state index in [4.69, 9.17) is 5.26 Å². The molecule has 2 nitrogen and oxygen atoms in total. The van der Waals surface area contributed by atoms with Gasteiger partial charge in [-0.1, -0.05) is 24.3 Å². The summed E-state index contributed by atoms with van der Waals surface area (Å²) in [6.07, 6.45) is 0. The van der Waals surface area contributed by atoms with E-state index in [9.17, 15) is 4.39 Å². The van der Waals surface area contributed by atoms with Crippen LogP contribution in [0.4, 0.5) is 10.1 Å². The summed E-state index contributed by atoms with van der Waals surface area (Å²) in [6.45, 7) is 2.33. The molecule has 0 amide bonds. The summed E-state index contributed by atoms with van der Waals surface area (Å²) < 4.78 is 14.8. The predicted molar refractivity (Wildman–Crippen MR) is 77.3 cm³/mol. The Labute approximate surface area is 120 Å². The van der Waals surface area contributed by atoms with Gasteiger partial charge in [0, 0.05) is 22.3 Å². The molecule has 2 aromatic rings. The van der Waals surface area contributed by atoms with Crippen molar-refractivity contribution >= 4 is 21.6 Å². The molecule has 0 spiro atoms. The van der Waals surface area contributed by atoms with Crippen molar-refractivity contribution in [2.24, 2.45) is 0 Å². The van der Waals surface area contributed by atoms with Crippen molar-refractivity contribution < 1.29 is 4.39 Å². The number of nitrogens with one attached hydrogen (secondary N) is 1. The number of halogens is 2. The Morgan fingerprint density at radius 1 is 1.26 bits per heavy atom. The minimum absolute atomic E-state index is 0.0719. The molecule has 0 saturated heterocycles. The highest BCUT2D eigenvalue weighted by Gasteiger charge is 2.08. The number of hydrogen-bond acceptors (Lipinski definition) is 2. The lowest BCUT2D eigenvalue weighted by molar-refractivity contribution is 0.609. The van der Waals surface area contributed by atoms with E-state index in [-0.39, 0.29) is 5.56 Å². The first-order valence-corrected chi connectivity index (χ1v) is 6.59. The maximum absolute atomic E-state index is 13.9.